The van der Waals surface area contributed by atoms with E-state index in [1.807, 2.05) is 0 Å². The minimum atomic E-state index is 0.373. The first-order valence-corrected chi connectivity index (χ1v) is 10.2. The fraction of sp³-hybridized carbons (Fsp3) is 0.842. The Bertz CT molecular complexity index is 585. The van der Waals surface area contributed by atoms with E-state index in [4.69, 9.17) is 4.99 Å². The van der Waals surface area contributed by atoms with Crippen molar-refractivity contribution in [2.45, 2.75) is 84.7 Å². The van der Waals surface area contributed by atoms with Crippen molar-refractivity contribution in [3.63, 3.8) is 0 Å². The van der Waals surface area contributed by atoms with E-state index in [0.717, 1.165) is 56.5 Å². The molecular weight excluding hydrogens is 312 g/mol. The van der Waals surface area contributed by atoms with Gasteiger partial charge in [0.1, 0.15) is 5.82 Å². The van der Waals surface area contributed by atoms with E-state index in [0.29, 0.717) is 11.5 Å². The van der Waals surface area contributed by atoms with Crippen LogP contribution in [-0.4, -0.2) is 39.9 Å². The van der Waals surface area contributed by atoms with Crippen molar-refractivity contribution in [1.82, 2.24) is 25.4 Å². The molecule has 2 N–H and O–H groups in total. The number of aliphatic imine (C=N–C) groups is 1. The topological polar surface area (TPSA) is 67.1 Å². The minimum Gasteiger partial charge on any atom is -0.357 e. The van der Waals surface area contributed by atoms with Crippen LogP contribution in [0.3, 0.4) is 0 Å². The first kappa shape index (κ1) is 18.2. The Morgan fingerprint density at radius 3 is 2.76 bits per heavy atom. The van der Waals surface area contributed by atoms with E-state index in [1.165, 1.54) is 32.1 Å². The van der Waals surface area contributed by atoms with E-state index in [-0.39, 0.29) is 0 Å². The highest BCUT2D eigenvalue weighted by molar-refractivity contribution is 5.80. The Labute approximate surface area is 151 Å². The zero-order valence-electron chi connectivity index (χ0n) is 16.1. The van der Waals surface area contributed by atoms with Crippen molar-refractivity contribution >= 4 is 5.96 Å². The van der Waals surface area contributed by atoms with Gasteiger partial charge in [0.2, 0.25) is 0 Å². The number of guanidine groups is 1. The second-order valence-electron chi connectivity index (χ2n) is 7.62. The Morgan fingerprint density at radius 1 is 1.28 bits per heavy atom. The zero-order valence-corrected chi connectivity index (χ0v) is 16.1. The molecule has 2 heterocycles. The number of nitrogens with zero attached hydrogens (tertiary/aromatic N) is 4. The number of nitrogens with one attached hydrogen (secondary N) is 2. The maximum atomic E-state index is 4.96. The van der Waals surface area contributed by atoms with Crippen LogP contribution in [0.15, 0.2) is 4.99 Å². The second-order valence-corrected chi connectivity index (χ2v) is 7.62. The van der Waals surface area contributed by atoms with Gasteiger partial charge in [0.05, 0.1) is 6.54 Å². The fourth-order valence-corrected chi connectivity index (χ4v) is 4.14. The van der Waals surface area contributed by atoms with Gasteiger partial charge in [0, 0.05) is 32.0 Å². The van der Waals surface area contributed by atoms with Crippen LogP contribution in [0.4, 0.5) is 0 Å². The third-order valence-electron chi connectivity index (χ3n) is 5.89. The van der Waals surface area contributed by atoms with Crippen LogP contribution in [0.1, 0.15) is 70.9 Å². The van der Waals surface area contributed by atoms with Crippen LogP contribution in [0.5, 0.6) is 0 Å². The summed E-state index contributed by atoms with van der Waals surface area (Å²) in [4.78, 5) is 9.57. The summed E-state index contributed by atoms with van der Waals surface area (Å²) in [5, 5.41) is 11.7. The Morgan fingerprint density at radius 2 is 2.08 bits per heavy atom. The predicted octanol–water partition coefficient (Wildman–Crippen LogP) is 2.68. The third kappa shape index (κ3) is 4.33. The quantitative estimate of drug-likeness (QED) is 0.614. The molecule has 1 unspecified atom stereocenters. The molecule has 3 rings (SSSR count). The largest absolute Gasteiger partial charge is 0.357 e. The summed E-state index contributed by atoms with van der Waals surface area (Å²) in [6.07, 6.45) is 9.61. The van der Waals surface area contributed by atoms with Crippen molar-refractivity contribution in [2.75, 3.05) is 13.1 Å². The molecule has 25 heavy (non-hydrogen) atoms. The summed E-state index contributed by atoms with van der Waals surface area (Å²) in [6.45, 7) is 9.28. The summed E-state index contributed by atoms with van der Waals surface area (Å²) in [5.41, 5.74) is 0.435. The van der Waals surface area contributed by atoms with Crippen LogP contribution in [0.2, 0.25) is 0 Å². The molecule has 0 saturated heterocycles. The van der Waals surface area contributed by atoms with Crippen LogP contribution < -0.4 is 10.6 Å². The highest BCUT2D eigenvalue weighted by Gasteiger charge is 2.32. The van der Waals surface area contributed by atoms with E-state index in [9.17, 15) is 0 Å². The lowest BCUT2D eigenvalue weighted by atomic mass is 9.84. The molecule has 140 valence electrons. The molecule has 1 saturated carbocycles. The van der Waals surface area contributed by atoms with Crippen LogP contribution in [0.25, 0.3) is 0 Å². The number of hydrogen-bond acceptors (Lipinski definition) is 3. The van der Waals surface area contributed by atoms with E-state index < -0.39 is 0 Å². The lowest BCUT2D eigenvalue weighted by molar-refractivity contribution is 0.296. The number of aromatic nitrogens is 3. The van der Waals surface area contributed by atoms with Gasteiger partial charge in [0.25, 0.3) is 0 Å². The molecule has 1 atom stereocenters. The molecule has 1 aliphatic carbocycles. The molecule has 0 spiro atoms. The monoisotopic (exact) mass is 346 g/mol. The summed E-state index contributed by atoms with van der Waals surface area (Å²) in [7, 11) is 0. The van der Waals surface area contributed by atoms with Crippen molar-refractivity contribution < 1.29 is 0 Å². The van der Waals surface area contributed by atoms with Crippen molar-refractivity contribution in [3.05, 3.63) is 11.6 Å². The molecule has 1 aliphatic heterocycles. The van der Waals surface area contributed by atoms with Gasteiger partial charge < -0.3 is 10.6 Å². The molecule has 0 radical (unpaired) electrons. The van der Waals surface area contributed by atoms with E-state index >= 15 is 0 Å². The summed E-state index contributed by atoms with van der Waals surface area (Å²) in [6, 6.07) is 0.373. The average molecular weight is 347 g/mol. The summed E-state index contributed by atoms with van der Waals surface area (Å²) >= 11 is 0. The average Bonchev–Trinajstić information content (AvgIpc) is 3.26. The smallest absolute Gasteiger partial charge is 0.191 e. The van der Waals surface area contributed by atoms with Gasteiger partial charge in [-0.2, -0.15) is 5.10 Å². The Kier molecular flexibility index (Phi) is 5.97. The van der Waals surface area contributed by atoms with Gasteiger partial charge in [-0.1, -0.05) is 26.7 Å². The van der Waals surface area contributed by atoms with Gasteiger partial charge >= 0.3 is 0 Å². The standard InChI is InChI=1S/C19H34N6/c1-4-16-23-17-10-9-15(13-25(17)24-16)22-18(20-6-3)21-14-19(5-2)11-7-8-12-19/h15H,4-14H2,1-3H3,(H2,20,21,22). The molecule has 1 fully saturated rings. The van der Waals surface area contributed by atoms with Crippen molar-refractivity contribution in [2.24, 2.45) is 10.4 Å². The van der Waals surface area contributed by atoms with Gasteiger partial charge in [-0.25, -0.2) is 9.67 Å². The molecular formula is C19H34N6. The highest BCUT2D eigenvalue weighted by Crippen LogP contribution is 2.41. The number of rotatable bonds is 6. The Hall–Kier alpha value is -1.59. The maximum Gasteiger partial charge on any atom is 0.191 e. The van der Waals surface area contributed by atoms with E-state index in [2.05, 4.69) is 46.2 Å². The van der Waals surface area contributed by atoms with Gasteiger partial charge in [-0.15, -0.1) is 0 Å². The number of aryl methyl sites for hydroxylation is 2. The van der Waals surface area contributed by atoms with Gasteiger partial charge in [0.15, 0.2) is 11.8 Å². The van der Waals surface area contributed by atoms with Crippen LogP contribution >= 0.6 is 0 Å². The van der Waals surface area contributed by atoms with E-state index in [1.54, 1.807) is 0 Å². The number of hydrogen-bond donors (Lipinski definition) is 2. The summed E-state index contributed by atoms with van der Waals surface area (Å²) in [5.74, 6) is 3.06. The number of fused-ring (bicyclic) bond motifs is 1. The van der Waals surface area contributed by atoms with Crippen LogP contribution in [0, 0.1) is 5.41 Å². The van der Waals surface area contributed by atoms with Gasteiger partial charge in [-0.05, 0) is 38.0 Å². The Balaban J connectivity index is 1.62. The molecule has 1 aromatic heterocycles. The van der Waals surface area contributed by atoms with Crippen molar-refractivity contribution in [1.29, 1.82) is 0 Å². The third-order valence-corrected chi connectivity index (χ3v) is 5.89. The van der Waals surface area contributed by atoms with Crippen molar-refractivity contribution in [3.8, 4) is 0 Å². The SMILES string of the molecule is CCNC(=NCC1(CC)CCCC1)NC1CCc2nc(CC)nn2C1. The molecule has 0 bridgehead atoms. The lowest BCUT2D eigenvalue weighted by Gasteiger charge is -2.28. The molecule has 2 aliphatic rings. The lowest BCUT2D eigenvalue weighted by Crippen LogP contribution is -2.47. The molecule has 0 amide bonds. The molecule has 1 aromatic rings. The van der Waals surface area contributed by atoms with Gasteiger partial charge in [-0.3, -0.25) is 4.99 Å². The maximum absolute atomic E-state index is 4.96. The zero-order chi connectivity index (χ0) is 17.7. The summed E-state index contributed by atoms with van der Waals surface area (Å²) < 4.78 is 2.08. The minimum absolute atomic E-state index is 0.373. The molecule has 6 heteroatoms. The highest BCUT2D eigenvalue weighted by atomic mass is 15.4. The molecule has 0 aromatic carbocycles. The fourth-order valence-electron chi connectivity index (χ4n) is 4.14. The normalized spacial score (nSPS) is 22.7. The predicted molar refractivity (Wildman–Crippen MR) is 102 cm³/mol. The first-order valence-electron chi connectivity index (χ1n) is 10.2. The second kappa shape index (κ2) is 8.19. The molecule has 6 nitrogen and oxygen atoms in total. The first-order chi connectivity index (χ1) is 12.2. The van der Waals surface area contributed by atoms with Crippen LogP contribution in [-0.2, 0) is 19.4 Å².